The van der Waals surface area contributed by atoms with Gasteiger partial charge in [0.2, 0.25) is 0 Å². The first-order chi connectivity index (χ1) is 7.42. The molecule has 0 radical (unpaired) electrons. The summed E-state index contributed by atoms with van der Waals surface area (Å²) < 4.78 is 5.61. The summed E-state index contributed by atoms with van der Waals surface area (Å²) in [4.78, 5) is 8.05. The zero-order valence-corrected chi connectivity index (χ0v) is 8.88. The van der Waals surface area contributed by atoms with E-state index in [9.17, 15) is 0 Å². The standard InChI is InChI=1S/C11H17N3O/c1-2-8(15-5-1)6-11-13-9-3-4-12-7-10(9)14-11/h8,12H,1-7H2,(H,13,14). The van der Waals surface area contributed by atoms with Crippen LogP contribution in [0.15, 0.2) is 0 Å². The Labute approximate surface area is 89.4 Å². The third-order valence-corrected chi connectivity index (χ3v) is 3.20. The fourth-order valence-corrected chi connectivity index (χ4v) is 2.40. The van der Waals surface area contributed by atoms with Crippen LogP contribution in [0, 0.1) is 0 Å². The van der Waals surface area contributed by atoms with Crippen LogP contribution in [0.3, 0.4) is 0 Å². The van der Waals surface area contributed by atoms with E-state index in [0.29, 0.717) is 6.10 Å². The van der Waals surface area contributed by atoms with Crippen molar-refractivity contribution in [1.29, 1.82) is 0 Å². The van der Waals surface area contributed by atoms with E-state index in [1.54, 1.807) is 0 Å². The van der Waals surface area contributed by atoms with Crippen molar-refractivity contribution in [2.24, 2.45) is 0 Å². The molecule has 1 aromatic rings. The normalized spacial score (nSPS) is 25.5. The molecule has 1 atom stereocenters. The van der Waals surface area contributed by atoms with Gasteiger partial charge in [0.05, 0.1) is 17.5 Å². The monoisotopic (exact) mass is 207 g/mol. The summed E-state index contributed by atoms with van der Waals surface area (Å²) in [6, 6.07) is 0. The second kappa shape index (κ2) is 3.94. The average molecular weight is 207 g/mol. The molecule has 1 aromatic heterocycles. The number of rotatable bonds is 2. The molecule has 0 bridgehead atoms. The van der Waals surface area contributed by atoms with Gasteiger partial charge < -0.3 is 15.0 Å². The van der Waals surface area contributed by atoms with Crippen LogP contribution in [0.1, 0.15) is 30.1 Å². The van der Waals surface area contributed by atoms with Gasteiger partial charge in [-0.25, -0.2) is 4.98 Å². The predicted octanol–water partition coefficient (Wildman–Crippen LogP) is 0.777. The van der Waals surface area contributed by atoms with Gasteiger partial charge >= 0.3 is 0 Å². The van der Waals surface area contributed by atoms with Gasteiger partial charge in [-0.1, -0.05) is 0 Å². The molecule has 3 rings (SSSR count). The van der Waals surface area contributed by atoms with Crippen molar-refractivity contribution in [3.05, 3.63) is 17.2 Å². The minimum Gasteiger partial charge on any atom is -0.378 e. The Balaban J connectivity index is 1.72. The number of H-pyrrole nitrogens is 1. The Hall–Kier alpha value is -0.870. The maximum atomic E-state index is 5.61. The largest absolute Gasteiger partial charge is 0.378 e. The van der Waals surface area contributed by atoms with Crippen LogP contribution in [0.25, 0.3) is 0 Å². The molecular weight excluding hydrogens is 190 g/mol. The molecule has 15 heavy (non-hydrogen) atoms. The van der Waals surface area contributed by atoms with Crippen LogP contribution in [0.4, 0.5) is 0 Å². The first-order valence-electron chi connectivity index (χ1n) is 5.81. The smallest absolute Gasteiger partial charge is 0.109 e. The molecule has 0 aromatic carbocycles. The molecule has 2 aliphatic heterocycles. The Kier molecular flexibility index (Phi) is 2.46. The first-order valence-corrected chi connectivity index (χ1v) is 5.81. The molecule has 0 amide bonds. The number of aromatic amines is 1. The SMILES string of the molecule is C1COC(Cc2nc3c([nH]2)CNCC3)C1. The lowest BCUT2D eigenvalue weighted by atomic mass is 10.2. The molecule has 82 valence electrons. The van der Waals surface area contributed by atoms with Gasteiger partial charge in [-0.15, -0.1) is 0 Å². The maximum absolute atomic E-state index is 5.61. The Bertz CT molecular complexity index is 318. The number of ether oxygens (including phenoxy) is 1. The van der Waals surface area contributed by atoms with E-state index in [4.69, 9.17) is 4.74 Å². The summed E-state index contributed by atoms with van der Waals surface area (Å²) in [5, 5.41) is 3.35. The highest BCUT2D eigenvalue weighted by atomic mass is 16.5. The van der Waals surface area contributed by atoms with Crippen LogP contribution in [-0.4, -0.2) is 29.2 Å². The van der Waals surface area contributed by atoms with Gasteiger partial charge in [0.15, 0.2) is 0 Å². The summed E-state index contributed by atoms with van der Waals surface area (Å²) in [5.74, 6) is 1.11. The lowest BCUT2D eigenvalue weighted by molar-refractivity contribution is 0.110. The van der Waals surface area contributed by atoms with Crippen molar-refractivity contribution in [2.75, 3.05) is 13.2 Å². The molecule has 4 heteroatoms. The van der Waals surface area contributed by atoms with E-state index < -0.39 is 0 Å². The van der Waals surface area contributed by atoms with Crippen molar-refractivity contribution in [1.82, 2.24) is 15.3 Å². The molecule has 1 saturated heterocycles. The maximum Gasteiger partial charge on any atom is 0.109 e. The first kappa shape index (κ1) is 9.36. The number of nitrogens with zero attached hydrogens (tertiary/aromatic N) is 1. The van der Waals surface area contributed by atoms with E-state index >= 15 is 0 Å². The van der Waals surface area contributed by atoms with Gasteiger partial charge in [0, 0.05) is 32.5 Å². The number of hydrogen-bond acceptors (Lipinski definition) is 3. The highest BCUT2D eigenvalue weighted by Crippen LogP contribution is 2.18. The van der Waals surface area contributed by atoms with Gasteiger partial charge in [0.25, 0.3) is 0 Å². The quantitative estimate of drug-likeness (QED) is 0.753. The molecule has 2 aliphatic rings. The van der Waals surface area contributed by atoms with Crippen LogP contribution in [0.2, 0.25) is 0 Å². The molecule has 0 spiro atoms. The van der Waals surface area contributed by atoms with Crippen molar-refractivity contribution >= 4 is 0 Å². The molecule has 0 aliphatic carbocycles. The third kappa shape index (κ3) is 1.92. The van der Waals surface area contributed by atoms with Gasteiger partial charge in [-0.3, -0.25) is 0 Å². The number of aromatic nitrogens is 2. The van der Waals surface area contributed by atoms with Gasteiger partial charge in [-0.05, 0) is 12.8 Å². The van der Waals surface area contributed by atoms with E-state index in [1.165, 1.54) is 24.2 Å². The van der Waals surface area contributed by atoms with E-state index in [1.807, 2.05) is 0 Å². The van der Waals surface area contributed by atoms with Crippen molar-refractivity contribution < 1.29 is 4.74 Å². The van der Waals surface area contributed by atoms with Crippen LogP contribution in [-0.2, 0) is 24.1 Å². The Morgan fingerprint density at radius 2 is 2.47 bits per heavy atom. The number of imidazole rings is 1. The highest BCUT2D eigenvalue weighted by molar-refractivity contribution is 5.17. The zero-order chi connectivity index (χ0) is 10.1. The van der Waals surface area contributed by atoms with E-state index in [2.05, 4.69) is 15.3 Å². The summed E-state index contributed by atoms with van der Waals surface area (Å²) in [6.45, 7) is 2.91. The zero-order valence-electron chi connectivity index (χ0n) is 8.88. The van der Waals surface area contributed by atoms with E-state index in [0.717, 1.165) is 38.4 Å². The molecule has 1 fully saturated rings. The lowest BCUT2D eigenvalue weighted by Gasteiger charge is -2.09. The molecular formula is C11H17N3O. The highest BCUT2D eigenvalue weighted by Gasteiger charge is 2.19. The van der Waals surface area contributed by atoms with Crippen molar-refractivity contribution in [2.45, 2.75) is 38.3 Å². The van der Waals surface area contributed by atoms with E-state index in [-0.39, 0.29) is 0 Å². The predicted molar refractivity (Wildman–Crippen MR) is 56.7 cm³/mol. The number of nitrogens with one attached hydrogen (secondary N) is 2. The summed E-state index contributed by atoms with van der Waals surface area (Å²) in [7, 11) is 0. The fraction of sp³-hybridized carbons (Fsp3) is 0.727. The van der Waals surface area contributed by atoms with Gasteiger partial charge in [0.1, 0.15) is 5.82 Å². The second-order valence-corrected chi connectivity index (χ2v) is 4.37. The Morgan fingerprint density at radius 3 is 3.27 bits per heavy atom. The summed E-state index contributed by atoms with van der Waals surface area (Å²) in [5.41, 5.74) is 2.52. The minimum absolute atomic E-state index is 0.394. The van der Waals surface area contributed by atoms with Gasteiger partial charge in [-0.2, -0.15) is 0 Å². The second-order valence-electron chi connectivity index (χ2n) is 4.37. The van der Waals surface area contributed by atoms with Crippen molar-refractivity contribution in [3.63, 3.8) is 0 Å². The molecule has 0 saturated carbocycles. The summed E-state index contributed by atoms with van der Waals surface area (Å²) in [6.07, 6.45) is 4.78. The Morgan fingerprint density at radius 1 is 1.47 bits per heavy atom. The number of hydrogen-bond donors (Lipinski definition) is 2. The molecule has 4 nitrogen and oxygen atoms in total. The topological polar surface area (TPSA) is 49.9 Å². The third-order valence-electron chi connectivity index (χ3n) is 3.20. The number of fused-ring (bicyclic) bond motifs is 1. The van der Waals surface area contributed by atoms with Crippen LogP contribution in [0.5, 0.6) is 0 Å². The van der Waals surface area contributed by atoms with Crippen molar-refractivity contribution in [3.8, 4) is 0 Å². The fourth-order valence-electron chi connectivity index (χ4n) is 2.40. The van der Waals surface area contributed by atoms with Crippen LogP contribution >= 0.6 is 0 Å². The molecule has 1 unspecified atom stereocenters. The minimum atomic E-state index is 0.394. The molecule has 2 N–H and O–H groups in total. The molecule has 3 heterocycles. The average Bonchev–Trinajstić information content (AvgIpc) is 2.86. The summed E-state index contributed by atoms with van der Waals surface area (Å²) >= 11 is 0. The lowest BCUT2D eigenvalue weighted by Crippen LogP contribution is -2.23. The van der Waals surface area contributed by atoms with Crippen LogP contribution < -0.4 is 5.32 Å².